The van der Waals surface area contributed by atoms with E-state index in [1.54, 1.807) is 7.11 Å². The van der Waals surface area contributed by atoms with Crippen LogP contribution in [0.4, 0.5) is 0 Å². The summed E-state index contributed by atoms with van der Waals surface area (Å²) in [5.41, 5.74) is 6.19. The van der Waals surface area contributed by atoms with Gasteiger partial charge < -0.3 is 10.5 Å². The van der Waals surface area contributed by atoms with Gasteiger partial charge >= 0.3 is 0 Å². The van der Waals surface area contributed by atoms with Gasteiger partial charge in [-0.3, -0.25) is 4.90 Å². The third-order valence-electron chi connectivity index (χ3n) is 4.14. The van der Waals surface area contributed by atoms with Gasteiger partial charge in [0.15, 0.2) is 0 Å². The van der Waals surface area contributed by atoms with Gasteiger partial charge in [0.05, 0.1) is 12.1 Å². The van der Waals surface area contributed by atoms with E-state index in [2.05, 4.69) is 11.8 Å². The SMILES string of the molecule is COCC(CN)(C1CC1)N1CCC(C)C1. The molecule has 2 N–H and O–H groups in total. The number of ether oxygens (including phenoxy) is 1. The minimum Gasteiger partial charge on any atom is -0.383 e. The first-order valence-electron chi connectivity index (χ1n) is 6.17. The minimum absolute atomic E-state index is 0.152. The zero-order valence-corrected chi connectivity index (χ0v) is 10.0. The molecule has 0 aromatic heterocycles. The molecule has 0 aromatic carbocycles. The molecule has 0 radical (unpaired) electrons. The lowest BCUT2D eigenvalue weighted by atomic mass is 9.92. The smallest absolute Gasteiger partial charge is 0.0661 e. The fourth-order valence-electron chi connectivity index (χ4n) is 3.03. The van der Waals surface area contributed by atoms with E-state index in [4.69, 9.17) is 10.5 Å². The van der Waals surface area contributed by atoms with E-state index in [0.717, 1.165) is 25.0 Å². The van der Waals surface area contributed by atoms with Crippen LogP contribution in [0.15, 0.2) is 0 Å². The third-order valence-corrected chi connectivity index (χ3v) is 4.14. The summed E-state index contributed by atoms with van der Waals surface area (Å²) in [6.45, 7) is 6.30. The highest BCUT2D eigenvalue weighted by molar-refractivity contribution is 5.05. The van der Waals surface area contributed by atoms with Crippen molar-refractivity contribution in [3.05, 3.63) is 0 Å². The molecule has 2 rings (SSSR count). The Morgan fingerprint density at radius 2 is 2.13 bits per heavy atom. The van der Waals surface area contributed by atoms with Gasteiger partial charge in [-0.15, -0.1) is 0 Å². The van der Waals surface area contributed by atoms with Gasteiger partial charge in [0.1, 0.15) is 0 Å². The molecule has 1 heterocycles. The fourth-order valence-corrected chi connectivity index (χ4v) is 3.03. The molecule has 2 unspecified atom stereocenters. The molecule has 1 aliphatic carbocycles. The van der Waals surface area contributed by atoms with Gasteiger partial charge in [0.2, 0.25) is 0 Å². The predicted molar refractivity (Wildman–Crippen MR) is 61.7 cm³/mol. The van der Waals surface area contributed by atoms with Crippen LogP contribution in [-0.2, 0) is 4.74 Å². The van der Waals surface area contributed by atoms with Crippen LogP contribution in [0.5, 0.6) is 0 Å². The Balaban J connectivity index is 2.09. The first-order valence-corrected chi connectivity index (χ1v) is 6.17. The van der Waals surface area contributed by atoms with Crippen LogP contribution >= 0.6 is 0 Å². The molecule has 3 nitrogen and oxygen atoms in total. The lowest BCUT2D eigenvalue weighted by molar-refractivity contribution is 0.0117. The lowest BCUT2D eigenvalue weighted by Crippen LogP contribution is -2.57. The van der Waals surface area contributed by atoms with Crippen molar-refractivity contribution >= 4 is 0 Å². The van der Waals surface area contributed by atoms with Gasteiger partial charge in [-0.2, -0.15) is 0 Å². The average Bonchev–Trinajstić information content (AvgIpc) is 2.99. The predicted octanol–water partition coefficient (Wildman–Crippen LogP) is 1.08. The van der Waals surface area contributed by atoms with E-state index in [-0.39, 0.29) is 5.54 Å². The maximum Gasteiger partial charge on any atom is 0.0661 e. The summed E-state index contributed by atoms with van der Waals surface area (Å²) in [7, 11) is 1.80. The van der Waals surface area contributed by atoms with Crippen LogP contribution in [0.3, 0.4) is 0 Å². The average molecular weight is 212 g/mol. The van der Waals surface area contributed by atoms with Crippen LogP contribution < -0.4 is 5.73 Å². The lowest BCUT2D eigenvalue weighted by Gasteiger charge is -2.41. The molecule has 88 valence electrons. The molecule has 1 aliphatic heterocycles. The number of methoxy groups -OCH3 is 1. The van der Waals surface area contributed by atoms with Crippen molar-refractivity contribution in [1.29, 1.82) is 0 Å². The molecule has 0 aromatic rings. The number of nitrogens with two attached hydrogens (primary N) is 1. The first kappa shape index (κ1) is 11.4. The van der Waals surface area contributed by atoms with Crippen LogP contribution in [0.1, 0.15) is 26.2 Å². The second-order valence-electron chi connectivity index (χ2n) is 5.35. The highest BCUT2D eigenvalue weighted by atomic mass is 16.5. The highest BCUT2D eigenvalue weighted by Crippen LogP contribution is 2.44. The Kier molecular flexibility index (Phi) is 3.33. The summed E-state index contributed by atoms with van der Waals surface area (Å²) in [4.78, 5) is 2.60. The van der Waals surface area contributed by atoms with Crippen molar-refractivity contribution in [3.63, 3.8) is 0 Å². The maximum absolute atomic E-state index is 6.04. The quantitative estimate of drug-likeness (QED) is 0.741. The summed E-state index contributed by atoms with van der Waals surface area (Å²) in [6, 6.07) is 0. The van der Waals surface area contributed by atoms with Gasteiger partial charge in [0, 0.05) is 20.2 Å². The molecule has 0 bridgehead atoms. The standard InChI is InChI=1S/C12H24N2O/c1-10-5-6-14(7-10)12(8-13,9-15-2)11-3-4-11/h10-11H,3-9,13H2,1-2H3. The summed E-state index contributed by atoms with van der Waals surface area (Å²) < 4.78 is 5.43. The molecule has 15 heavy (non-hydrogen) atoms. The molecule has 1 saturated heterocycles. The zero-order chi connectivity index (χ0) is 10.9. The van der Waals surface area contributed by atoms with Crippen LogP contribution in [0, 0.1) is 11.8 Å². The normalized spacial score (nSPS) is 31.8. The Hall–Kier alpha value is -0.120. The second kappa shape index (κ2) is 4.40. The first-order chi connectivity index (χ1) is 7.23. The molecular weight excluding hydrogens is 188 g/mol. The molecule has 3 heteroatoms. The highest BCUT2D eigenvalue weighted by Gasteiger charge is 2.49. The minimum atomic E-state index is 0.152. The monoisotopic (exact) mass is 212 g/mol. The third kappa shape index (κ3) is 2.05. The summed E-state index contributed by atoms with van der Waals surface area (Å²) >= 11 is 0. The van der Waals surface area contributed by atoms with Crippen molar-refractivity contribution in [2.24, 2.45) is 17.6 Å². The summed E-state index contributed by atoms with van der Waals surface area (Å²) in [5.74, 6) is 1.61. The Morgan fingerprint density at radius 3 is 2.53 bits per heavy atom. The Labute approximate surface area is 93.0 Å². The van der Waals surface area contributed by atoms with Crippen molar-refractivity contribution in [2.75, 3.05) is 33.4 Å². The molecule has 0 spiro atoms. The van der Waals surface area contributed by atoms with E-state index in [9.17, 15) is 0 Å². The Morgan fingerprint density at radius 1 is 1.40 bits per heavy atom. The van der Waals surface area contributed by atoms with Gasteiger partial charge in [-0.05, 0) is 37.6 Å². The number of nitrogens with zero attached hydrogens (tertiary/aromatic N) is 1. The van der Waals surface area contributed by atoms with Gasteiger partial charge in [-0.25, -0.2) is 0 Å². The van der Waals surface area contributed by atoms with Crippen LogP contribution in [0.2, 0.25) is 0 Å². The molecule has 2 atom stereocenters. The summed E-state index contributed by atoms with van der Waals surface area (Å²) in [5, 5.41) is 0. The van der Waals surface area contributed by atoms with E-state index in [1.165, 1.54) is 32.4 Å². The van der Waals surface area contributed by atoms with Gasteiger partial charge in [0.25, 0.3) is 0 Å². The maximum atomic E-state index is 6.04. The van der Waals surface area contributed by atoms with Crippen LogP contribution in [-0.4, -0.2) is 43.8 Å². The molecule has 2 fully saturated rings. The van der Waals surface area contributed by atoms with E-state index >= 15 is 0 Å². The largest absolute Gasteiger partial charge is 0.383 e. The molecule has 2 aliphatic rings. The number of hydrogen-bond donors (Lipinski definition) is 1. The zero-order valence-electron chi connectivity index (χ0n) is 10.0. The molecule has 0 amide bonds. The van der Waals surface area contributed by atoms with E-state index < -0.39 is 0 Å². The fraction of sp³-hybridized carbons (Fsp3) is 1.00. The number of rotatable bonds is 5. The van der Waals surface area contributed by atoms with Crippen molar-refractivity contribution in [2.45, 2.75) is 31.7 Å². The number of likely N-dealkylation sites (tertiary alicyclic amines) is 1. The van der Waals surface area contributed by atoms with Crippen molar-refractivity contribution in [3.8, 4) is 0 Å². The Bertz CT molecular complexity index is 218. The van der Waals surface area contributed by atoms with Gasteiger partial charge in [-0.1, -0.05) is 6.92 Å². The summed E-state index contributed by atoms with van der Waals surface area (Å²) in [6.07, 6.45) is 4.00. The number of hydrogen-bond acceptors (Lipinski definition) is 3. The van der Waals surface area contributed by atoms with E-state index in [1.807, 2.05) is 0 Å². The second-order valence-corrected chi connectivity index (χ2v) is 5.35. The molecular formula is C12H24N2O. The topological polar surface area (TPSA) is 38.5 Å². The van der Waals surface area contributed by atoms with Crippen molar-refractivity contribution < 1.29 is 4.74 Å². The van der Waals surface area contributed by atoms with E-state index in [0.29, 0.717) is 0 Å². The van der Waals surface area contributed by atoms with Crippen LogP contribution in [0.25, 0.3) is 0 Å². The molecule has 1 saturated carbocycles. The van der Waals surface area contributed by atoms with Crippen molar-refractivity contribution in [1.82, 2.24) is 4.90 Å².